The Balaban J connectivity index is 2.02. The summed E-state index contributed by atoms with van der Waals surface area (Å²) in [6.45, 7) is 2.04. The van der Waals surface area contributed by atoms with Crippen LogP contribution in [0.1, 0.15) is 32.6 Å². The summed E-state index contributed by atoms with van der Waals surface area (Å²) >= 11 is 0. The summed E-state index contributed by atoms with van der Waals surface area (Å²) in [5, 5.41) is 11.8. The molecule has 0 unspecified atom stereocenters. The first-order valence-corrected chi connectivity index (χ1v) is 8.46. The van der Waals surface area contributed by atoms with Crippen LogP contribution in [0.25, 0.3) is 10.8 Å². The van der Waals surface area contributed by atoms with Crippen LogP contribution in [0.3, 0.4) is 0 Å². The average molecular weight is 344 g/mol. The highest BCUT2D eigenvalue weighted by Crippen LogP contribution is 2.20. The number of fused-ring (bicyclic) bond motifs is 1. The number of nitrogens with one attached hydrogen (secondary N) is 2. The summed E-state index contributed by atoms with van der Waals surface area (Å²) in [5.74, 6) is -0.231. The number of nitrogens with zero attached hydrogens (tertiary/aromatic N) is 2. The number of amides is 2. The molecule has 0 aliphatic carbocycles. The van der Waals surface area contributed by atoms with Crippen molar-refractivity contribution < 1.29 is 14.8 Å². The van der Waals surface area contributed by atoms with Crippen molar-refractivity contribution in [1.29, 1.82) is 0 Å². The quantitative estimate of drug-likeness (QED) is 0.267. The van der Waals surface area contributed by atoms with Crippen LogP contribution in [0.5, 0.6) is 0 Å². The normalized spacial score (nSPS) is 11.8. The summed E-state index contributed by atoms with van der Waals surface area (Å²) < 4.78 is 0. The first-order chi connectivity index (χ1) is 12.2. The topological polar surface area (TPSA) is 94.6 Å². The number of aromatic nitrogens is 1. The third-order valence-corrected chi connectivity index (χ3v) is 4.03. The third kappa shape index (κ3) is 5.42. The number of hydrogen-bond donors (Lipinski definition) is 3. The lowest BCUT2D eigenvalue weighted by Gasteiger charge is -2.20. The molecule has 7 heteroatoms. The highest BCUT2D eigenvalue weighted by Gasteiger charge is 2.20. The minimum absolute atomic E-state index is 0.0380. The van der Waals surface area contributed by atoms with E-state index in [1.165, 1.54) is 0 Å². The molecule has 1 aromatic heterocycles. The Kier molecular flexibility index (Phi) is 7.16. The van der Waals surface area contributed by atoms with Gasteiger partial charge < -0.3 is 0 Å². The Morgan fingerprint density at radius 3 is 2.88 bits per heavy atom. The summed E-state index contributed by atoms with van der Waals surface area (Å²) in [6, 6.07) is 9.61. The van der Waals surface area contributed by atoms with Crippen LogP contribution in [-0.2, 0) is 9.59 Å². The molecule has 0 spiro atoms. The Morgan fingerprint density at radius 2 is 2.12 bits per heavy atom. The predicted octanol–water partition coefficient (Wildman–Crippen LogP) is 2.72. The van der Waals surface area contributed by atoms with Gasteiger partial charge in [-0.05, 0) is 17.9 Å². The van der Waals surface area contributed by atoms with E-state index in [4.69, 9.17) is 0 Å². The van der Waals surface area contributed by atoms with Crippen molar-refractivity contribution in [3.8, 4) is 0 Å². The van der Waals surface area contributed by atoms with Crippen LogP contribution in [0.15, 0.2) is 36.5 Å². The Labute approximate surface area is 147 Å². The van der Waals surface area contributed by atoms with E-state index in [1.807, 2.05) is 30.3 Å². The minimum Gasteiger partial charge on any atom is -0.286 e. The van der Waals surface area contributed by atoms with Gasteiger partial charge in [0.05, 0.1) is 12.5 Å². The van der Waals surface area contributed by atoms with E-state index in [-0.39, 0.29) is 12.5 Å². The molecule has 2 aromatic rings. The molecule has 25 heavy (non-hydrogen) atoms. The van der Waals surface area contributed by atoms with Gasteiger partial charge in [0.2, 0.25) is 12.3 Å². The van der Waals surface area contributed by atoms with Crippen molar-refractivity contribution in [2.75, 3.05) is 12.0 Å². The average Bonchev–Trinajstić information content (AvgIpc) is 2.65. The van der Waals surface area contributed by atoms with Gasteiger partial charge in [0.15, 0.2) is 5.82 Å². The van der Waals surface area contributed by atoms with E-state index in [0.29, 0.717) is 23.7 Å². The number of carbonyl (C=O) groups is 2. The van der Waals surface area contributed by atoms with Gasteiger partial charge in [0.25, 0.3) is 0 Å². The SMILES string of the molecule is CCCCC[C@@H](CN(O)C=O)C(=O)NNc1nccc2ccccc12. The van der Waals surface area contributed by atoms with Gasteiger partial charge in [-0.25, -0.2) is 10.0 Å². The van der Waals surface area contributed by atoms with Crippen molar-refractivity contribution in [3.05, 3.63) is 36.5 Å². The highest BCUT2D eigenvalue weighted by molar-refractivity contribution is 5.92. The highest BCUT2D eigenvalue weighted by atomic mass is 16.5. The first-order valence-electron chi connectivity index (χ1n) is 8.46. The smallest absolute Gasteiger partial charge is 0.243 e. The molecule has 0 saturated carbocycles. The van der Waals surface area contributed by atoms with E-state index < -0.39 is 5.92 Å². The molecular weight excluding hydrogens is 320 g/mol. The summed E-state index contributed by atoms with van der Waals surface area (Å²) in [4.78, 5) is 27.3. The molecule has 0 saturated heterocycles. The van der Waals surface area contributed by atoms with Crippen LogP contribution in [-0.4, -0.2) is 34.1 Å². The number of carbonyl (C=O) groups excluding carboxylic acids is 2. The van der Waals surface area contributed by atoms with Crippen molar-refractivity contribution in [3.63, 3.8) is 0 Å². The number of hydroxylamine groups is 2. The van der Waals surface area contributed by atoms with Crippen molar-refractivity contribution in [2.45, 2.75) is 32.6 Å². The molecular formula is C18H24N4O3. The Hall–Kier alpha value is -2.67. The minimum atomic E-state index is -0.496. The largest absolute Gasteiger partial charge is 0.286 e. The van der Waals surface area contributed by atoms with Gasteiger partial charge in [-0.15, -0.1) is 0 Å². The molecule has 0 fully saturated rings. The third-order valence-electron chi connectivity index (χ3n) is 4.03. The van der Waals surface area contributed by atoms with Crippen molar-refractivity contribution >= 4 is 28.9 Å². The number of hydrogen-bond acceptors (Lipinski definition) is 5. The molecule has 1 heterocycles. The van der Waals surface area contributed by atoms with E-state index in [0.717, 1.165) is 30.0 Å². The lowest BCUT2D eigenvalue weighted by molar-refractivity contribution is -0.154. The van der Waals surface area contributed by atoms with Crippen LogP contribution < -0.4 is 10.9 Å². The molecule has 2 rings (SSSR count). The van der Waals surface area contributed by atoms with E-state index in [9.17, 15) is 14.8 Å². The molecule has 3 N–H and O–H groups in total. The maximum absolute atomic E-state index is 12.4. The van der Waals surface area contributed by atoms with E-state index in [1.54, 1.807) is 6.20 Å². The zero-order chi connectivity index (χ0) is 18.1. The second kappa shape index (κ2) is 9.58. The van der Waals surface area contributed by atoms with Gasteiger partial charge in [-0.3, -0.25) is 25.6 Å². The number of unbranched alkanes of at least 4 members (excludes halogenated alkanes) is 2. The second-order valence-corrected chi connectivity index (χ2v) is 5.92. The van der Waals surface area contributed by atoms with E-state index >= 15 is 0 Å². The Bertz CT molecular complexity index is 702. The molecule has 1 atom stereocenters. The van der Waals surface area contributed by atoms with Crippen LogP contribution in [0, 0.1) is 5.92 Å². The summed E-state index contributed by atoms with van der Waals surface area (Å²) in [6.07, 6.45) is 5.44. The van der Waals surface area contributed by atoms with Gasteiger partial charge in [-0.2, -0.15) is 0 Å². The fourth-order valence-corrected chi connectivity index (χ4v) is 2.66. The van der Waals surface area contributed by atoms with Crippen molar-refractivity contribution in [1.82, 2.24) is 15.5 Å². The molecule has 0 radical (unpaired) electrons. The number of hydrazine groups is 1. The number of pyridine rings is 1. The lowest BCUT2D eigenvalue weighted by atomic mass is 10.0. The zero-order valence-corrected chi connectivity index (χ0v) is 14.3. The number of rotatable bonds is 10. The molecule has 0 aliphatic rings. The molecule has 7 nitrogen and oxygen atoms in total. The van der Waals surface area contributed by atoms with Gasteiger partial charge in [0, 0.05) is 11.6 Å². The first kappa shape index (κ1) is 18.7. The fraction of sp³-hybridized carbons (Fsp3) is 0.389. The predicted molar refractivity (Wildman–Crippen MR) is 95.7 cm³/mol. The summed E-state index contributed by atoms with van der Waals surface area (Å²) in [5.41, 5.74) is 5.49. The monoisotopic (exact) mass is 344 g/mol. The maximum Gasteiger partial charge on any atom is 0.243 e. The number of benzene rings is 1. The van der Waals surface area contributed by atoms with Crippen LogP contribution >= 0.6 is 0 Å². The van der Waals surface area contributed by atoms with Crippen LogP contribution in [0.2, 0.25) is 0 Å². The van der Waals surface area contributed by atoms with Gasteiger partial charge in [-0.1, -0.05) is 50.5 Å². The van der Waals surface area contributed by atoms with Crippen LogP contribution in [0.4, 0.5) is 5.82 Å². The second-order valence-electron chi connectivity index (χ2n) is 5.92. The maximum atomic E-state index is 12.4. The zero-order valence-electron chi connectivity index (χ0n) is 14.3. The molecule has 1 aromatic carbocycles. The van der Waals surface area contributed by atoms with Crippen molar-refractivity contribution in [2.24, 2.45) is 5.92 Å². The lowest BCUT2D eigenvalue weighted by Crippen LogP contribution is -2.40. The molecule has 2 amide bonds. The molecule has 0 bridgehead atoms. The fourth-order valence-electron chi connectivity index (χ4n) is 2.66. The van der Waals surface area contributed by atoms with Gasteiger partial charge >= 0.3 is 0 Å². The van der Waals surface area contributed by atoms with Gasteiger partial charge in [0.1, 0.15) is 0 Å². The Morgan fingerprint density at radius 1 is 1.32 bits per heavy atom. The standard InChI is InChI=1S/C18H24N4O3/c1-2-3-4-8-15(12-22(25)13-23)18(24)21-20-17-16-9-6-5-7-14(16)10-11-19-17/h5-7,9-11,13,15,25H,2-4,8,12H2,1H3,(H,19,20)(H,21,24)/t15-/m0/s1. The van der Waals surface area contributed by atoms with E-state index in [2.05, 4.69) is 22.8 Å². The molecule has 134 valence electrons. The molecule has 0 aliphatic heterocycles. The number of anilines is 1. The summed E-state index contributed by atoms with van der Waals surface area (Å²) in [7, 11) is 0.